The van der Waals surface area contributed by atoms with Crippen molar-refractivity contribution in [2.75, 3.05) is 12.4 Å². The number of hydrogen-bond donors (Lipinski definition) is 1. The van der Waals surface area contributed by atoms with Gasteiger partial charge in [0, 0.05) is 36.6 Å². The Kier molecular flexibility index (Phi) is 4.90. The maximum Gasteiger partial charge on any atom is 0.226 e. The van der Waals surface area contributed by atoms with Crippen molar-refractivity contribution in [3.63, 3.8) is 0 Å². The number of nitrogens with zero attached hydrogens (tertiary/aromatic N) is 4. The van der Waals surface area contributed by atoms with E-state index in [4.69, 9.17) is 4.74 Å². The Morgan fingerprint density at radius 2 is 2.07 bits per heavy atom. The highest BCUT2D eigenvalue weighted by Gasteiger charge is 2.32. The number of methoxy groups -OCH3 is 1. The van der Waals surface area contributed by atoms with Gasteiger partial charge >= 0.3 is 0 Å². The Labute approximate surface area is 164 Å². The summed E-state index contributed by atoms with van der Waals surface area (Å²) in [6.07, 6.45) is 6.93. The van der Waals surface area contributed by atoms with Gasteiger partial charge in [-0.05, 0) is 36.6 Å². The molecular formula is C21H25N5O2. The van der Waals surface area contributed by atoms with Crippen LogP contribution in [0, 0.1) is 5.92 Å². The third kappa shape index (κ3) is 3.40. The number of amides is 1. The molecule has 0 bridgehead atoms. The quantitative estimate of drug-likeness (QED) is 0.710. The molecule has 1 unspecified atom stereocenters. The fourth-order valence-corrected chi connectivity index (χ4v) is 3.58. The van der Waals surface area contributed by atoms with Crippen molar-refractivity contribution in [2.45, 2.75) is 39.2 Å². The number of aromatic nitrogens is 4. The van der Waals surface area contributed by atoms with Gasteiger partial charge in [-0.3, -0.25) is 4.79 Å². The van der Waals surface area contributed by atoms with E-state index < -0.39 is 0 Å². The Morgan fingerprint density at radius 1 is 1.29 bits per heavy atom. The molecule has 0 saturated carbocycles. The molecule has 1 atom stereocenters. The van der Waals surface area contributed by atoms with Gasteiger partial charge in [-0.15, -0.1) is 0 Å². The average molecular weight is 379 g/mol. The van der Waals surface area contributed by atoms with Crippen molar-refractivity contribution in [1.29, 1.82) is 0 Å². The van der Waals surface area contributed by atoms with Crippen LogP contribution in [0.5, 0.6) is 5.75 Å². The zero-order valence-electron chi connectivity index (χ0n) is 16.4. The van der Waals surface area contributed by atoms with Crippen molar-refractivity contribution in [2.24, 2.45) is 5.92 Å². The van der Waals surface area contributed by atoms with Crippen molar-refractivity contribution < 1.29 is 9.53 Å². The van der Waals surface area contributed by atoms with Crippen LogP contribution in [0.4, 0.5) is 5.82 Å². The van der Waals surface area contributed by atoms with Gasteiger partial charge < -0.3 is 14.6 Å². The third-order valence-electron chi connectivity index (χ3n) is 5.14. The minimum absolute atomic E-state index is 0.00641. The number of aryl methyl sites for hydroxylation is 1. The highest BCUT2D eigenvalue weighted by atomic mass is 16.5. The van der Waals surface area contributed by atoms with Crippen molar-refractivity contribution in [1.82, 2.24) is 19.3 Å². The number of hydrogen-bond acceptors (Lipinski definition) is 4. The molecule has 1 N–H and O–H groups in total. The number of ether oxygens (including phenoxy) is 1. The highest BCUT2D eigenvalue weighted by molar-refractivity contribution is 5.94. The summed E-state index contributed by atoms with van der Waals surface area (Å²) in [5.74, 6) is 2.87. The van der Waals surface area contributed by atoms with Crippen molar-refractivity contribution in [3.8, 4) is 11.4 Å². The Morgan fingerprint density at radius 3 is 2.79 bits per heavy atom. The van der Waals surface area contributed by atoms with Crippen LogP contribution in [-0.2, 0) is 11.3 Å². The number of anilines is 1. The zero-order valence-corrected chi connectivity index (χ0v) is 16.4. The lowest BCUT2D eigenvalue weighted by Crippen LogP contribution is -2.26. The Bertz CT molecular complexity index is 971. The molecule has 146 valence electrons. The van der Waals surface area contributed by atoms with Crippen molar-refractivity contribution >= 4 is 11.7 Å². The second kappa shape index (κ2) is 7.50. The van der Waals surface area contributed by atoms with Gasteiger partial charge in [-0.2, -0.15) is 5.10 Å². The first-order valence-electron chi connectivity index (χ1n) is 9.60. The van der Waals surface area contributed by atoms with Crippen LogP contribution >= 0.6 is 0 Å². The van der Waals surface area contributed by atoms with Crippen LogP contribution in [0.3, 0.4) is 0 Å². The highest BCUT2D eigenvalue weighted by Crippen LogP contribution is 2.37. The van der Waals surface area contributed by atoms with Gasteiger partial charge in [-0.25, -0.2) is 9.67 Å². The molecule has 1 amide bonds. The topological polar surface area (TPSA) is 74.0 Å². The Hall–Kier alpha value is -3.09. The van der Waals surface area contributed by atoms with Crippen LogP contribution in [0.2, 0.25) is 0 Å². The molecule has 28 heavy (non-hydrogen) atoms. The monoisotopic (exact) mass is 379 g/mol. The minimum Gasteiger partial charge on any atom is -0.497 e. The van der Waals surface area contributed by atoms with Crippen LogP contribution in [0.25, 0.3) is 5.69 Å². The summed E-state index contributed by atoms with van der Waals surface area (Å²) in [5.41, 5.74) is 2.00. The second-order valence-corrected chi connectivity index (χ2v) is 7.51. The van der Waals surface area contributed by atoms with Crippen molar-refractivity contribution in [3.05, 3.63) is 54.2 Å². The summed E-state index contributed by atoms with van der Waals surface area (Å²) in [6.45, 7) is 5.15. The van der Waals surface area contributed by atoms with E-state index in [9.17, 15) is 4.79 Å². The Balaban J connectivity index is 1.70. The van der Waals surface area contributed by atoms with Crippen LogP contribution in [0.15, 0.2) is 42.9 Å². The molecule has 3 heterocycles. The molecular weight excluding hydrogens is 354 g/mol. The first kappa shape index (κ1) is 18.3. The molecule has 0 saturated heterocycles. The van der Waals surface area contributed by atoms with E-state index >= 15 is 0 Å². The largest absolute Gasteiger partial charge is 0.497 e. The van der Waals surface area contributed by atoms with E-state index in [1.165, 1.54) is 0 Å². The molecule has 7 heteroatoms. The number of nitrogens with one attached hydrogen (secondary N) is 1. The number of benzene rings is 1. The van der Waals surface area contributed by atoms with E-state index in [1.54, 1.807) is 13.3 Å². The molecule has 1 aromatic carbocycles. The van der Waals surface area contributed by atoms with Crippen LogP contribution in [-0.4, -0.2) is 32.3 Å². The van der Waals surface area contributed by atoms with Crippen LogP contribution in [0.1, 0.15) is 44.0 Å². The second-order valence-electron chi connectivity index (χ2n) is 7.51. The van der Waals surface area contributed by atoms with E-state index in [1.807, 2.05) is 45.9 Å². The maximum atomic E-state index is 12.4. The summed E-state index contributed by atoms with van der Waals surface area (Å²) in [4.78, 5) is 17.0. The first-order chi connectivity index (χ1) is 13.6. The van der Waals surface area contributed by atoms with E-state index in [2.05, 4.69) is 29.2 Å². The summed E-state index contributed by atoms with van der Waals surface area (Å²) in [5, 5.41) is 7.54. The average Bonchev–Trinajstić information content (AvgIpc) is 3.33. The first-order valence-corrected chi connectivity index (χ1v) is 9.60. The molecule has 0 aliphatic carbocycles. The molecule has 0 spiro atoms. The molecule has 3 aromatic rings. The van der Waals surface area contributed by atoms with E-state index in [-0.39, 0.29) is 11.8 Å². The molecule has 1 aliphatic heterocycles. The number of carbonyl (C=O) groups is 1. The molecule has 1 aliphatic rings. The van der Waals surface area contributed by atoms with Gasteiger partial charge in [0.15, 0.2) is 0 Å². The van der Waals surface area contributed by atoms with Gasteiger partial charge in [0.1, 0.15) is 17.4 Å². The van der Waals surface area contributed by atoms with Gasteiger partial charge in [0.05, 0.1) is 19.2 Å². The summed E-state index contributed by atoms with van der Waals surface area (Å²) in [7, 11) is 1.65. The zero-order chi connectivity index (χ0) is 19.7. The number of rotatable bonds is 6. The SMILES string of the molecule is COc1ccc(-n2ccnc2C2CC(=O)Nc3c2cnn3CCC(C)C)cc1. The predicted molar refractivity (Wildman–Crippen MR) is 107 cm³/mol. The summed E-state index contributed by atoms with van der Waals surface area (Å²) >= 11 is 0. The van der Waals surface area contributed by atoms with Gasteiger partial charge in [0.2, 0.25) is 5.91 Å². The lowest BCUT2D eigenvalue weighted by molar-refractivity contribution is -0.116. The van der Waals surface area contributed by atoms with Gasteiger partial charge in [-0.1, -0.05) is 13.8 Å². The molecule has 2 aromatic heterocycles. The lowest BCUT2D eigenvalue weighted by atomic mass is 9.93. The lowest BCUT2D eigenvalue weighted by Gasteiger charge is -2.24. The minimum atomic E-state index is -0.131. The molecule has 4 rings (SSSR count). The smallest absolute Gasteiger partial charge is 0.226 e. The normalized spacial score (nSPS) is 16.1. The van der Waals surface area contributed by atoms with E-state index in [0.29, 0.717) is 12.3 Å². The fourth-order valence-electron chi connectivity index (χ4n) is 3.58. The number of carbonyl (C=O) groups excluding carboxylic acids is 1. The van der Waals surface area contributed by atoms with Crippen LogP contribution < -0.4 is 10.1 Å². The number of imidazole rings is 1. The summed E-state index contributed by atoms with van der Waals surface area (Å²) < 4.78 is 9.18. The standard InChI is InChI=1S/C21H25N5O2/c1-14(2)8-10-26-21-18(13-23-26)17(12-19(27)24-21)20-22-9-11-25(20)15-4-6-16(28-3)7-5-15/h4-7,9,11,13-14,17H,8,10,12H2,1-3H3,(H,24,27). The van der Waals surface area contributed by atoms with Gasteiger partial charge in [0.25, 0.3) is 0 Å². The molecule has 7 nitrogen and oxygen atoms in total. The third-order valence-corrected chi connectivity index (χ3v) is 5.14. The molecule has 0 fully saturated rings. The predicted octanol–water partition coefficient (Wildman–Crippen LogP) is 3.60. The number of fused-ring (bicyclic) bond motifs is 1. The maximum absolute atomic E-state index is 12.4. The fraction of sp³-hybridized carbons (Fsp3) is 0.381. The molecule has 0 radical (unpaired) electrons. The van der Waals surface area contributed by atoms with E-state index in [0.717, 1.165) is 41.6 Å². The summed E-state index contributed by atoms with van der Waals surface area (Å²) in [6, 6.07) is 7.81.